The zero-order valence-electron chi connectivity index (χ0n) is 6.59. The van der Waals surface area contributed by atoms with Gasteiger partial charge < -0.3 is 9.84 Å². The molecule has 0 saturated carbocycles. The quantitative estimate of drug-likeness (QED) is 0.779. The molecule has 0 amide bonds. The van der Waals surface area contributed by atoms with Crippen molar-refractivity contribution in [2.45, 2.75) is 6.43 Å². The summed E-state index contributed by atoms with van der Waals surface area (Å²) in [6.45, 7) is 0. The van der Waals surface area contributed by atoms with Crippen LogP contribution in [0.15, 0.2) is 6.07 Å². The Kier molecular flexibility index (Phi) is 2.60. The molecule has 0 aromatic carbocycles. The van der Waals surface area contributed by atoms with Gasteiger partial charge in [-0.3, -0.25) is 0 Å². The van der Waals surface area contributed by atoms with Gasteiger partial charge in [-0.25, -0.2) is 18.2 Å². The van der Waals surface area contributed by atoms with Crippen molar-refractivity contribution >= 4 is 0 Å². The van der Waals surface area contributed by atoms with Gasteiger partial charge in [-0.1, -0.05) is 0 Å². The maximum Gasteiger partial charge on any atom is 0.283 e. The second-order valence-electron chi connectivity index (χ2n) is 2.18. The van der Waals surface area contributed by atoms with Gasteiger partial charge in [-0.2, -0.15) is 0 Å². The summed E-state index contributed by atoms with van der Waals surface area (Å²) in [6.07, 6.45) is -3.03. The first kappa shape index (κ1) is 9.63. The molecule has 0 aliphatic rings. The topological polar surface area (TPSA) is 42.4 Å². The van der Waals surface area contributed by atoms with E-state index in [1.807, 2.05) is 0 Å². The summed E-state index contributed by atoms with van der Waals surface area (Å²) in [5.74, 6) is -2.28. The lowest BCUT2D eigenvalue weighted by Gasteiger charge is -2.05. The van der Waals surface area contributed by atoms with Crippen LogP contribution >= 0.6 is 0 Å². The average Bonchev–Trinajstić information content (AvgIpc) is 2.03. The van der Waals surface area contributed by atoms with Crippen molar-refractivity contribution in [3.8, 4) is 11.6 Å². The summed E-state index contributed by atoms with van der Waals surface area (Å²) in [6, 6.07) is 0.535. The number of methoxy groups -OCH3 is 1. The largest absolute Gasteiger partial charge is 0.503 e. The van der Waals surface area contributed by atoms with Crippen molar-refractivity contribution in [2.75, 3.05) is 7.11 Å². The number of rotatable bonds is 2. The van der Waals surface area contributed by atoms with E-state index in [0.717, 1.165) is 7.11 Å². The van der Waals surface area contributed by atoms with E-state index in [2.05, 4.69) is 9.72 Å². The minimum absolute atomic E-state index is 0.420. The van der Waals surface area contributed by atoms with Crippen molar-refractivity contribution in [3.63, 3.8) is 0 Å². The molecule has 1 aromatic rings. The molecule has 0 radical (unpaired) electrons. The second kappa shape index (κ2) is 3.51. The molecule has 0 fully saturated rings. The molecule has 13 heavy (non-hydrogen) atoms. The first-order valence-electron chi connectivity index (χ1n) is 3.27. The summed E-state index contributed by atoms with van der Waals surface area (Å²) in [4.78, 5) is 3.09. The molecule has 1 aromatic heterocycles. The van der Waals surface area contributed by atoms with Crippen molar-refractivity contribution in [1.29, 1.82) is 0 Å². The molecule has 6 heteroatoms. The Hall–Kier alpha value is -1.46. The summed E-state index contributed by atoms with van der Waals surface area (Å²) < 4.78 is 41.2. The molecule has 0 atom stereocenters. The summed E-state index contributed by atoms with van der Waals surface area (Å²) in [5, 5.41) is 8.93. The number of aromatic hydroxyl groups is 1. The highest BCUT2D eigenvalue weighted by atomic mass is 19.3. The number of hydrogen-bond donors (Lipinski definition) is 1. The van der Waals surface area contributed by atoms with Gasteiger partial charge in [-0.15, -0.1) is 0 Å². The third kappa shape index (κ3) is 1.82. The maximum absolute atomic E-state index is 12.7. The monoisotopic (exact) mass is 193 g/mol. The van der Waals surface area contributed by atoms with E-state index in [1.54, 1.807) is 0 Å². The Morgan fingerprint density at radius 1 is 1.54 bits per heavy atom. The molecule has 1 rings (SSSR count). The molecule has 72 valence electrons. The van der Waals surface area contributed by atoms with Crippen LogP contribution in [0.2, 0.25) is 0 Å². The first-order valence-corrected chi connectivity index (χ1v) is 3.27. The molecule has 0 spiro atoms. The summed E-state index contributed by atoms with van der Waals surface area (Å²) >= 11 is 0. The highest BCUT2D eigenvalue weighted by molar-refractivity contribution is 5.34. The zero-order chi connectivity index (χ0) is 10.0. The van der Waals surface area contributed by atoms with Gasteiger partial charge in [0.2, 0.25) is 0 Å². The summed E-state index contributed by atoms with van der Waals surface area (Å²) in [5.41, 5.74) is -1.03. The van der Waals surface area contributed by atoms with Crippen LogP contribution in [-0.4, -0.2) is 17.2 Å². The lowest BCUT2D eigenvalue weighted by Crippen LogP contribution is -1.98. The first-order chi connectivity index (χ1) is 6.06. The van der Waals surface area contributed by atoms with Crippen LogP contribution in [0.25, 0.3) is 0 Å². The predicted molar refractivity (Wildman–Crippen MR) is 37.4 cm³/mol. The standard InChI is InChI=1S/C7H6F3NO2/c1-13-7-4(12)2-3(8)5(11-7)6(9)10/h2,6,12H,1H3. The molecule has 0 aliphatic heterocycles. The number of alkyl halides is 2. The van der Waals surface area contributed by atoms with E-state index in [4.69, 9.17) is 5.11 Å². The Morgan fingerprint density at radius 3 is 2.62 bits per heavy atom. The van der Waals surface area contributed by atoms with Gasteiger partial charge in [0.25, 0.3) is 12.3 Å². The molecule has 0 bridgehead atoms. The van der Waals surface area contributed by atoms with Gasteiger partial charge >= 0.3 is 0 Å². The third-order valence-electron chi connectivity index (χ3n) is 1.35. The van der Waals surface area contributed by atoms with E-state index < -0.39 is 29.6 Å². The molecule has 0 unspecified atom stereocenters. The van der Waals surface area contributed by atoms with Gasteiger partial charge in [0.05, 0.1) is 7.11 Å². The van der Waals surface area contributed by atoms with Gasteiger partial charge in [0, 0.05) is 6.07 Å². The fourth-order valence-electron chi connectivity index (χ4n) is 0.779. The fourth-order valence-corrected chi connectivity index (χ4v) is 0.779. The molecular weight excluding hydrogens is 187 g/mol. The van der Waals surface area contributed by atoms with Crippen LogP contribution in [0, 0.1) is 5.82 Å². The van der Waals surface area contributed by atoms with Crippen LogP contribution in [0.5, 0.6) is 11.6 Å². The SMILES string of the molecule is COc1nc(C(F)F)c(F)cc1O. The smallest absolute Gasteiger partial charge is 0.283 e. The molecule has 3 nitrogen and oxygen atoms in total. The molecule has 1 N–H and O–H groups in total. The van der Waals surface area contributed by atoms with Crippen LogP contribution in [0.1, 0.15) is 12.1 Å². The highest BCUT2D eigenvalue weighted by Crippen LogP contribution is 2.29. The maximum atomic E-state index is 12.7. The molecule has 0 saturated heterocycles. The van der Waals surface area contributed by atoms with Crippen LogP contribution in [-0.2, 0) is 0 Å². The highest BCUT2D eigenvalue weighted by Gasteiger charge is 2.18. The number of hydrogen-bond acceptors (Lipinski definition) is 3. The lowest BCUT2D eigenvalue weighted by atomic mass is 10.3. The van der Waals surface area contributed by atoms with Crippen molar-refractivity contribution < 1.29 is 23.0 Å². The molecular formula is C7H6F3NO2. The van der Waals surface area contributed by atoms with Crippen molar-refractivity contribution in [2.24, 2.45) is 0 Å². The zero-order valence-corrected chi connectivity index (χ0v) is 6.59. The van der Waals surface area contributed by atoms with E-state index in [1.165, 1.54) is 0 Å². The van der Waals surface area contributed by atoms with E-state index in [0.29, 0.717) is 6.07 Å². The Morgan fingerprint density at radius 2 is 2.15 bits per heavy atom. The van der Waals surface area contributed by atoms with Gasteiger partial charge in [0.1, 0.15) is 5.69 Å². The van der Waals surface area contributed by atoms with Crippen molar-refractivity contribution in [1.82, 2.24) is 4.98 Å². The normalized spacial score (nSPS) is 10.5. The Bertz CT molecular complexity index is 317. The van der Waals surface area contributed by atoms with Gasteiger partial charge in [0.15, 0.2) is 11.6 Å². The third-order valence-corrected chi connectivity index (χ3v) is 1.35. The van der Waals surface area contributed by atoms with Crippen LogP contribution < -0.4 is 4.74 Å². The van der Waals surface area contributed by atoms with Gasteiger partial charge in [-0.05, 0) is 0 Å². The number of aromatic nitrogens is 1. The average molecular weight is 193 g/mol. The Balaban J connectivity index is 3.22. The number of pyridine rings is 1. The van der Waals surface area contributed by atoms with E-state index in [9.17, 15) is 13.2 Å². The number of halogens is 3. The minimum Gasteiger partial charge on any atom is -0.503 e. The van der Waals surface area contributed by atoms with E-state index in [-0.39, 0.29) is 0 Å². The van der Waals surface area contributed by atoms with Crippen molar-refractivity contribution in [3.05, 3.63) is 17.6 Å². The molecule has 1 heterocycles. The lowest BCUT2D eigenvalue weighted by molar-refractivity contribution is 0.139. The predicted octanol–water partition coefficient (Wildman–Crippen LogP) is 1.87. The number of ether oxygens (including phenoxy) is 1. The second-order valence-corrected chi connectivity index (χ2v) is 2.18. The Labute approximate surface area is 71.8 Å². The minimum atomic E-state index is -3.03. The van der Waals surface area contributed by atoms with Crippen LogP contribution in [0.4, 0.5) is 13.2 Å². The fraction of sp³-hybridized carbons (Fsp3) is 0.286. The van der Waals surface area contributed by atoms with E-state index >= 15 is 0 Å². The molecule has 0 aliphatic carbocycles. The number of nitrogens with zero attached hydrogens (tertiary/aromatic N) is 1. The summed E-state index contributed by atoms with van der Waals surface area (Å²) in [7, 11) is 1.13. The van der Waals surface area contributed by atoms with Crippen LogP contribution in [0.3, 0.4) is 0 Å².